The molecule has 1 aliphatic rings. The van der Waals surface area contributed by atoms with Gasteiger partial charge in [0.05, 0.1) is 6.61 Å². The molecule has 3 aromatic rings. The van der Waals surface area contributed by atoms with Gasteiger partial charge in [-0.15, -0.1) is 0 Å². The molecule has 0 aliphatic carbocycles. The van der Waals surface area contributed by atoms with E-state index in [1.54, 1.807) is 6.07 Å². The summed E-state index contributed by atoms with van der Waals surface area (Å²) in [7, 11) is 0. The van der Waals surface area contributed by atoms with Gasteiger partial charge in [-0.2, -0.15) is 0 Å². The number of aromatic nitrogens is 2. The van der Waals surface area contributed by atoms with Gasteiger partial charge in [0.15, 0.2) is 11.6 Å². The second-order valence-electron chi connectivity index (χ2n) is 7.60. The van der Waals surface area contributed by atoms with Gasteiger partial charge in [0.1, 0.15) is 5.65 Å². The number of rotatable bonds is 5. The number of halogens is 1. The first-order chi connectivity index (χ1) is 14.0. The number of H-pyrrole nitrogens is 1. The average Bonchev–Trinajstić information content (AvgIpc) is 3.12. The van der Waals surface area contributed by atoms with Crippen LogP contribution in [0.1, 0.15) is 47.8 Å². The van der Waals surface area contributed by atoms with Crippen LogP contribution >= 0.6 is 0 Å². The lowest BCUT2D eigenvalue weighted by Crippen LogP contribution is -2.12. The van der Waals surface area contributed by atoms with Crippen molar-refractivity contribution >= 4 is 17.1 Å². The Bertz CT molecular complexity index is 1100. The number of aliphatic hydroxyl groups is 1. The van der Waals surface area contributed by atoms with Crippen LogP contribution in [0, 0.1) is 19.7 Å². The van der Waals surface area contributed by atoms with E-state index in [0.717, 1.165) is 69.5 Å². The summed E-state index contributed by atoms with van der Waals surface area (Å²) in [6.45, 7) is 6.88. The van der Waals surface area contributed by atoms with Crippen molar-refractivity contribution < 1.29 is 14.2 Å². The SMILES string of the molecule is CCc1c(C)nc2[nH]c(/C=C/CCO)cc2c1-c1cc(F)c2c(c1C)CCCO2. The minimum atomic E-state index is -0.288. The fourth-order valence-corrected chi connectivity index (χ4v) is 4.35. The number of benzene rings is 1. The van der Waals surface area contributed by atoms with Gasteiger partial charge in [-0.1, -0.05) is 13.0 Å². The van der Waals surface area contributed by atoms with Crippen molar-refractivity contribution in [2.75, 3.05) is 13.2 Å². The summed E-state index contributed by atoms with van der Waals surface area (Å²) in [5, 5.41) is 10.0. The van der Waals surface area contributed by atoms with Crippen LogP contribution in [0.25, 0.3) is 28.2 Å². The molecule has 0 fully saturated rings. The zero-order valence-electron chi connectivity index (χ0n) is 17.2. The van der Waals surface area contributed by atoms with Gasteiger partial charge in [0.25, 0.3) is 0 Å². The number of hydrogen-bond donors (Lipinski definition) is 2. The summed E-state index contributed by atoms with van der Waals surface area (Å²) in [6.07, 6.45) is 7.05. The normalized spacial score (nSPS) is 13.8. The van der Waals surface area contributed by atoms with E-state index in [4.69, 9.17) is 14.8 Å². The fourth-order valence-electron chi connectivity index (χ4n) is 4.35. The Labute approximate surface area is 170 Å². The number of hydrogen-bond acceptors (Lipinski definition) is 3. The highest BCUT2D eigenvalue weighted by atomic mass is 19.1. The van der Waals surface area contributed by atoms with Crippen LogP contribution < -0.4 is 4.74 Å². The molecule has 0 atom stereocenters. The largest absolute Gasteiger partial charge is 0.490 e. The lowest BCUT2D eigenvalue weighted by molar-refractivity contribution is 0.273. The Balaban J connectivity index is 1.98. The second kappa shape index (κ2) is 7.99. The van der Waals surface area contributed by atoms with Crippen molar-refractivity contribution in [1.29, 1.82) is 0 Å². The molecule has 1 aromatic carbocycles. The van der Waals surface area contributed by atoms with Gasteiger partial charge in [-0.3, -0.25) is 0 Å². The first-order valence-electron chi connectivity index (χ1n) is 10.3. The lowest BCUT2D eigenvalue weighted by atomic mass is 9.88. The highest BCUT2D eigenvalue weighted by Crippen LogP contribution is 2.41. The molecule has 29 heavy (non-hydrogen) atoms. The number of aliphatic hydroxyl groups excluding tert-OH is 1. The van der Waals surface area contributed by atoms with Crippen LogP contribution in [-0.2, 0) is 12.8 Å². The number of aromatic amines is 1. The molecule has 0 radical (unpaired) electrons. The van der Waals surface area contributed by atoms with Gasteiger partial charge < -0.3 is 14.8 Å². The average molecular weight is 394 g/mol. The predicted octanol–water partition coefficient (Wildman–Crippen LogP) is 5.27. The molecule has 0 bridgehead atoms. The molecule has 1 aliphatic heterocycles. The number of pyridine rings is 1. The van der Waals surface area contributed by atoms with E-state index in [1.807, 2.05) is 19.1 Å². The Morgan fingerprint density at radius 1 is 1.31 bits per heavy atom. The van der Waals surface area contributed by atoms with Crippen LogP contribution in [0.5, 0.6) is 5.75 Å². The van der Waals surface area contributed by atoms with E-state index >= 15 is 0 Å². The zero-order valence-corrected chi connectivity index (χ0v) is 17.2. The molecule has 5 heteroatoms. The maximum Gasteiger partial charge on any atom is 0.165 e. The molecule has 0 saturated heterocycles. The van der Waals surface area contributed by atoms with Gasteiger partial charge in [-0.25, -0.2) is 9.37 Å². The van der Waals surface area contributed by atoms with Gasteiger partial charge in [-0.05, 0) is 80.0 Å². The summed E-state index contributed by atoms with van der Waals surface area (Å²) in [4.78, 5) is 8.12. The van der Waals surface area contributed by atoms with E-state index in [0.29, 0.717) is 18.8 Å². The topological polar surface area (TPSA) is 58.1 Å². The molecular formula is C24H27FN2O2. The highest BCUT2D eigenvalue weighted by Gasteiger charge is 2.24. The quantitative estimate of drug-likeness (QED) is 0.620. The molecule has 0 unspecified atom stereocenters. The zero-order chi connectivity index (χ0) is 20.5. The number of aryl methyl sites for hydroxylation is 1. The maximum absolute atomic E-state index is 15.0. The highest BCUT2D eigenvalue weighted by molar-refractivity contribution is 5.98. The van der Waals surface area contributed by atoms with Crippen molar-refractivity contribution in [3.63, 3.8) is 0 Å². The Kier molecular flexibility index (Phi) is 5.41. The smallest absolute Gasteiger partial charge is 0.165 e. The second-order valence-corrected chi connectivity index (χ2v) is 7.60. The molecule has 3 heterocycles. The van der Waals surface area contributed by atoms with Gasteiger partial charge in [0.2, 0.25) is 0 Å². The molecule has 2 N–H and O–H groups in total. The third-order valence-corrected chi connectivity index (χ3v) is 5.76. The monoisotopic (exact) mass is 394 g/mol. The maximum atomic E-state index is 15.0. The third kappa shape index (κ3) is 3.44. The van der Waals surface area contributed by atoms with Crippen LogP contribution in [0.4, 0.5) is 4.39 Å². The molecule has 4 nitrogen and oxygen atoms in total. The van der Waals surface area contributed by atoms with E-state index in [9.17, 15) is 4.39 Å². The third-order valence-electron chi connectivity index (χ3n) is 5.76. The number of nitrogens with one attached hydrogen (secondary N) is 1. The van der Waals surface area contributed by atoms with Crippen molar-refractivity contribution in [2.24, 2.45) is 0 Å². The molecule has 0 saturated carbocycles. The molecule has 4 rings (SSSR count). The molecule has 2 aromatic heterocycles. The summed E-state index contributed by atoms with van der Waals surface area (Å²) in [5.74, 6) is 0.128. The predicted molar refractivity (Wildman–Crippen MR) is 115 cm³/mol. The minimum absolute atomic E-state index is 0.120. The van der Waals surface area contributed by atoms with Crippen molar-refractivity contribution in [2.45, 2.75) is 46.5 Å². The summed E-state index contributed by atoms with van der Waals surface area (Å²) in [5.41, 5.74) is 7.86. The number of fused-ring (bicyclic) bond motifs is 2. The van der Waals surface area contributed by atoms with E-state index in [1.165, 1.54) is 0 Å². The van der Waals surface area contributed by atoms with Crippen LogP contribution in [0.15, 0.2) is 18.2 Å². The Morgan fingerprint density at radius 3 is 2.90 bits per heavy atom. The van der Waals surface area contributed by atoms with Gasteiger partial charge >= 0.3 is 0 Å². The number of nitrogens with zero attached hydrogens (tertiary/aromatic N) is 1. The van der Waals surface area contributed by atoms with Gasteiger partial charge in [0, 0.05) is 28.9 Å². The fraction of sp³-hybridized carbons (Fsp3) is 0.375. The molecular weight excluding hydrogens is 367 g/mol. The van der Waals surface area contributed by atoms with Crippen LogP contribution in [0.2, 0.25) is 0 Å². The summed E-state index contributed by atoms with van der Waals surface area (Å²) >= 11 is 0. The van der Waals surface area contributed by atoms with Crippen molar-refractivity contribution in [1.82, 2.24) is 9.97 Å². The van der Waals surface area contributed by atoms with Crippen LogP contribution in [0.3, 0.4) is 0 Å². The van der Waals surface area contributed by atoms with E-state index < -0.39 is 0 Å². The standard InChI is InChI=1S/C24H27FN2O2/c1-4-17-15(3)26-24-20(12-16(27-24)8-5-6-10-28)22(17)19-13-21(25)23-18(14(19)2)9-7-11-29-23/h5,8,12-13,28H,4,6-7,9-11H2,1-3H3,(H,26,27)/b8-5+. The summed E-state index contributed by atoms with van der Waals surface area (Å²) < 4.78 is 20.6. The van der Waals surface area contributed by atoms with Crippen molar-refractivity contribution in [3.05, 3.63) is 52.1 Å². The molecule has 152 valence electrons. The number of ether oxygens (including phenoxy) is 1. The molecule has 0 spiro atoms. The summed E-state index contributed by atoms with van der Waals surface area (Å²) in [6, 6.07) is 3.69. The lowest BCUT2D eigenvalue weighted by Gasteiger charge is -2.23. The minimum Gasteiger partial charge on any atom is -0.490 e. The first-order valence-corrected chi connectivity index (χ1v) is 10.3. The van der Waals surface area contributed by atoms with E-state index in [2.05, 4.69) is 24.9 Å². The molecule has 0 amide bonds. The van der Waals surface area contributed by atoms with Crippen molar-refractivity contribution in [3.8, 4) is 16.9 Å². The van der Waals surface area contributed by atoms with Crippen LogP contribution in [-0.4, -0.2) is 28.3 Å². The Morgan fingerprint density at radius 2 is 2.14 bits per heavy atom. The first kappa shape index (κ1) is 19.6. The Hall–Kier alpha value is -2.66. The van der Waals surface area contributed by atoms with E-state index in [-0.39, 0.29) is 12.4 Å².